The predicted octanol–water partition coefficient (Wildman–Crippen LogP) is 1.70. The zero-order valence-corrected chi connectivity index (χ0v) is 15.1. The summed E-state index contributed by atoms with van der Waals surface area (Å²) in [6.07, 6.45) is 1.41. The van der Waals surface area contributed by atoms with Gasteiger partial charge >= 0.3 is 6.03 Å². The third kappa shape index (κ3) is 3.31. The van der Waals surface area contributed by atoms with Crippen LogP contribution in [0.5, 0.6) is 11.5 Å². The summed E-state index contributed by atoms with van der Waals surface area (Å²) in [6.45, 7) is 1.08. The molecule has 0 aliphatic carbocycles. The average molecular weight is 373 g/mol. The summed E-state index contributed by atoms with van der Waals surface area (Å²) in [5, 5.41) is 5.19. The van der Waals surface area contributed by atoms with Gasteiger partial charge in [0, 0.05) is 6.07 Å². The van der Waals surface area contributed by atoms with Crippen molar-refractivity contribution in [2.45, 2.75) is 12.5 Å². The molecule has 0 saturated carbocycles. The van der Waals surface area contributed by atoms with E-state index >= 15 is 0 Å². The van der Waals surface area contributed by atoms with Crippen molar-refractivity contribution in [1.82, 2.24) is 10.2 Å². The highest BCUT2D eigenvalue weighted by atomic mass is 16.5. The number of amides is 4. The van der Waals surface area contributed by atoms with E-state index in [-0.39, 0.29) is 0 Å². The zero-order valence-electron chi connectivity index (χ0n) is 15.1. The highest BCUT2D eigenvalue weighted by Crippen LogP contribution is 2.30. The largest absolute Gasteiger partial charge is 0.497 e. The lowest BCUT2D eigenvalue weighted by molar-refractivity contribution is -0.134. The van der Waals surface area contributed by atoms with E-state index in [1.807, 2.05) is 0 Å². The molecule has 142 valence electrons. The van der Waals surface area contributed by atoms with E-state index in [1.165, 1.54) is 27.4 Å². The van der Waals surface area contributed by atoms with Crippen molar-refractivity contribution in [3.63, 3.8) is 0 Å². The summed E-state index contributed by atoms with van der Waals surface area (Å²) in [5.41, 5.74) is -0.956. The van der Waals surface area contributed by atoms with Gasteiger partial charge in [0.2, 0.25) is 5.91 Å². The van der Waals surface area contributed by atoms with Gasteiger partial charge in [0.1, 0.15) is 23.8 Å². The SMILES string of the molecule is COc1ccc(NC(=O)CN2C(=O)NC(C)(c3ccco3)C2=O)c(OC)c1. The van der Waals surface area contributed by atoms with E-state index in [0.29, 0.717) is 22.9 Å². The summed E-state index contributed by atoms with van der Waals surface area (Å²) in [7, 11) is 2.97. The number of imide groups is 1. The van der Waals surface area contributed by atoms with Crippen molar-refractivity contribution >= 4 is 23.5 Å². The van der Waals surface area contributed by atoms with Gasteiger partial charge in [0.05, 0.1) is 26.2 Å². The van der Waals surface area contributed by atoms with Crippen LogP contribution in [0, 0.1) is 0 Å². The number of rotatable bonds is 6. The van der Waals surface area contributed by atoms with Crippen LogP contribution in [0.1, 0.15) is 12.7 Å². The maximum atomic E-state index is 12.7. The minimum atomic E-state index is -1.35. The standard InChI is InChI=1S/C18H19N3O6/c1-18(14-5-4-8-27-14)16(23)21(17(24)20-18)10-15(22)19-12-7-6-11(25-2)9-13(12)26-3/h4-9H,10H2,1-3H3,(H,19,22)(H,20,24). The van der Waals surface area contributed by atoms with E-state index < -0.39 is 29.9 Å². The average Bonchev–Trinajstić information content (AvgIpc) is 3.27. The molecule has 9 heteroatoms. The topological polar surface area (TPSA) is 110 Å². The van der Waals surface area contributed by atoms with Gasteiger partial charge in [-0.1, -0.05) is 0 Å². The van der Waals surface area contributed by atoms with E-state index in [4.69, 9.17) is 13.9 Å². The van der Waals surface area contributed by atoms with Crippen LogP contribution in [0.15, 0.2) is 41.0 Å². The fourth-order valence-electron chi connectivity index (χ4n) is 2.81. The van der Waals surface area contributed by atoms with Crippen molar-refractivity contribution in [1.29, 1.82) is 0 Å². The molecule has 0 radical (unpaired) electrons. The lowest BCUT2D eigenvalue weighted by Gasteiger charge is -2.19. The van der Waals surface area contributed by atoms with Gasteiger partial charge in [0.15, 0.2) is 5.54 Å². The first-order chi connectivity index (χ1) is 12.9. The third-order valence-corrected chi connectivity index (χ3v) is 4.27. The first kappa shape index (κ1) is 18.3. The Morgan fingerprint density at radius 1 is 1.26 bits per heavy atom. The van der Waals surface area contributed by atoms with Crippen LogP contribution in [0.25, 0.3) is 0 Å². The van der Waals surface area contributed by atoms with Gasteiger partial charge in [-0.25, -0.2) is 4.79 Å². The normalized spacial score (nSPS) is 19.0. The maximum absolute atomic E-state index is 12.7. The number of hydrogen-bond acceptors (Lipinski definition) is 6. The lowest BCUT2D eigenvalue weighted by Crippen LogP contribution is -2.41. The molecule has 1 saturated heterocycles. The molecule has 4 amide bonds. The number of benzene rings is 1. The molecule has 1 aliphatic heterocycles. The number of hydrogen-bond donors (Lipinski definition) is 2. The van der Waals surface area contributed by atoms with Crippen LogP contribution < -0.4 is 20.1 Å². The Morgan fingerprint density at radius 2 is 2.04 bits per heavy atom. The van der Waals surface area contributed by atoms with E-state index in [1.54, 1.807) is 30.3 Å². The van der Waals surface area contributed by atoms with Crippen molar-refractivity contribution in [2.24, 2.45) is 0 Å². The Bertz CT molecular complexity index is 879. The second kappa shape index (κ2) is 7.02. The zero-order chi connectivity index (χ0) is 19.6. The molecule has 1 aromatic heterocycles. The van der Waals surface area contributed by atoms with Crippen molar-refractivity contribution in [3.05, 3.63) is 42.4 Å². The van der Waals surface area contributed by atoms with Crippen LogP contribution in [0.2, 0.25) is 0 Å². The molecule has 0 bridgehead atoms. The molecule has 0 spiro atoms. The van der Waals surface area contributed by atoms with Crippen LogP contribution in [-0.2, 0) is 15.1 Å². The Balaban J connectivity index is 1.73. The van der Waals surface area contributed by atoms with Crippen LogP contribution in [-0.4, -0.2) is 43.5 Å². The van der Waals surface area contributed by atoms with Crippen molar-refractivity contribution in [3.8, 4) is 11.5 Å². The minimum absolute atomic E-state index is 0.292. The van der Waals surface area contributed by atoms with E-state index in [9.17, 15) is 14.4 Å². The first-order valence-corrected chi connectivity index (χ1v) is 8.09. The van der Waals surface area contributed by atoms with Crippen molar-refractivity contribution in [2.75, 3.05) is 26.1 Å². The second-order valence-electron chi connectivity index (χ2n) is 6.04. The second-order valence-corrected chi connectivity index (χ2v) is 6.04. The van der Waals surface area contributed by atoms with E-state index in [2.05, 4.69) is 10.6 Å². The fraction of sp³-hybridized carbons (Fsp3) is 0.278. The third-order valence-electron chi connectivity index (χ3n) is 4.27. The molecule has 2 heterocycles. The molecular formula is C18H19N3O6. The van der Waals surface area contributed by atoms with Gasteiger partial charge in [-0.2, -0.15) is 0 Å². The lowest BCUT2D eigenvalue weighted by atomic mass is 9.99. The Labute approximate surface area is 155 Å². The number of nitrogens with one attached hydrogen (secondary N) is 2. The molecule has 1 atom stereocenters. The van der Waals surface area contributed by atoms with Gasteiger partial charge in [-0.3, -0.25) is 14.5 Å². The van der Waals surface area contributed by atoms with Gasteiger partial charge in [-0.05, 0) is 31.2 Å². The van der Waals surface area contributed by atoms with Crippen LogP contribution in [0.4, 0.5) is 10.5 Å². The smallest absolute Gasteiger partial charge is 0.325 e. The summed E-state index contributed by atoms with van der Waals surface area (Å²) >= 11 is 0. The molecule has 1 fully saturated rings. The summed E-state index contributed by atoms with van der Waals surface area (Å²) in [4.78, 5) is 38.1. The van der Waals surface area contributed by atoms with Gasteiger partial charge in [-0.15, -0.1) is 0 Å². The molecule has 3 rings (SSSR count). The Hall–Kier alpha value is -3.49. The number of furan rings is 1. The molecule has 9 nitrogen and oxygen atoms in total. The summed E-state index contributed by atoms with van der Waals surface area (Å²) < 4.78 is 15.6. The number of carbonyl (C=O) groups excluding carboxylic acids is 3. The minimum Gasteiger partial charge on any atom is -0.497 e. The predicted molar refractivity (Wildman–Crippen MR) is 94.5 cm³/mol. The number of nitrogens with zero attached hydrogens (tertiary/aromatic N) is 1. The highest BCUT2D eigenvalue weighted by Gasteiger charge is 2.51. The number of methoxy groups -OCH3 is 2. The highest BCUT2D eigenvalue weighted by molar-refractivity contribution is 6.10. The summed E-state index contributed by atoms with van der Waals surface area (Å²) in [5.74, 6) is 0.124. The molecule has 1 aromatic carbocycles. The van der Waals surface area contributed by atoms with E-state index in [0.717, 1.165) is 4.90 Å². The Morgan fingerprint density at radius 3 is 2.67 bits per heavy atom. The monoisotopic (exact) mass is 373 g/mol. The van der Waals surface area contributed by atoms with Gasteiger partial charge in [0.25, 0.3) is 5.91 Å². The number of ether oxygens (including phenoxy) is 2. The number of anilines is 1. The Kier molecular flexibility index (Phi) is 4.76. The summed E-state index contributed by atoms with van der Waals surface area (Å²) in [6, 6.07) is 7.40. The van der Waals surface area contributed by atoms with Crippen molar-refractivity contribution < 1.29 is 28.3 Å². The molecule has 1 unspecified atom stereocenters. The fourth-order valence-corrected chi connectivity index (χ4v) is 2.81. The number of urea groups is 1. The van der Waals surface area contributed by atoms with Crippen LogP contribution >= 0.6 is 0 Å². The van der Waals surface area contributed by atoms with Gasteiger partial charge < -0.3 is 24.5 Å². The molecule has 27 heavy (non-hydrogen) atoms. The maximum Gasteiger partial charge on any atom is 0.325 e. The molecule has 2 aromatic rings. The first-order valence-electron chi connectivity index (χ1n) is 8.09. The van der Waals surface area contributed by atoms with Crippen LogP contribution in [0.3, 0.4) is 0 Å². The number of carbonyl (C=O) groups is 3. The quantitative estimate of drug-likeness (QED) is 0.746. The molecule has 2 N–H and O–H groups in total. The molecule has 1 aliphatic rings. The molecular weight excluding hydrogens is 354 g/mol.